The first-order chi connectivity index (χ1) is 9.02. The minimum atomic E-state index is -0.652. The molecular formula is C13H10Cl2F2N2. The van der Waals surface area contributed by atoms with Gasteiger partial charge in [0.15, 0.2) is 0 Å². The molecule has 1 atom stereocenters. The summed E-state index contributed by atoms with van der Waals surface area (Å²) in [5.41, 5.74) is 0.525. The average Bonchev–Trinajstić information content (AvgIpc) is 2.36. The first kappa shape index (κ1) is 14.2. The SMILES string of the molecule is CNC(c1cc(F)ccc1F)c1ncc(Cl)cc1Cl. The predicted octanol–water partition coefficient (Wildman–Crippen LogP) is 3.98. The Morgan fingerprint density at radius 3 is 2.58 bits per heavy atom. The van der Waals surface area contributed by atoms with Gasteiger partial charge in [-0.25, -0.2) is 8.78 Å². The molecular weight excluding hydrogens is 293 g/mol. The van der Waals surface area contributed by atoms with E-state index in [0.717, 1.165) is 18.2 Å². The van der Waals surface area contributed by atoms with Crippen molar-refractivity contribution in [3.8, 4) is 0 Å². The summed E-state index contributed by atoms with van der Waals surface area (Å²) in [5.74, 6) is -1.06. The molecule has 1 unspecified atom stereocenters. The summed E-state index contributed by atoms with van der Waals surface area (Å²) >= 11 is 11.8. The van der Waals surface area contributed by atoms with Crippen LogP contribution in [-0.2, 0) is 0 Å². The van der Waals surface area contributed by atoms with Gasteiger partial charge >= 0.3 is 0 Å². The minimum Gasteiger partial charge on any atom is -0.308 e. The lowest BCUT2D eigenvalue weighted by Gasteiger charge is -2.18. The summed E-state index contributed by atoms with van der Waals surface area (Å²) in [6.07, 6.45) is 1.41. The summed E-state index contributed by atoms with van der Waals surface area (Å²) in [6.45, 7) is 0. The van der Waals surface area contributed by atoms with Crippen LogP contribution in [0.2, 0.25) is 10.0 Å². The smallest absolute Gasteiger partial charge is 0.128 e. The van der Waals surface area contributed by atoms with E-state index in [1.165, 1.54) is 12.3 Å². The number of hydrogen-bond acceptors (Lipinski definition) is 2. The zero-order valence-electron chi connectivity index (χ0n) is 9.92. The maximum Gasteiger partial charge on any atom is 0.128 e. The molecule has 2 aromatic rings. The minimum absolute atomic E-state index is 0.138. The van der Waals surface area contributed by atoms with Crippen molar-refractivity contribution in [2.45, 2.75) is 6.04 Å². The van der Waals surface area contributed by atoms with E-state index in [1.807, 2.05) is 0 Å². The summed E-state index contributed by atoms with van der Waals surface area (Å²) in [5, 5.41) is 3.53. The molecule has 0 amide bonds. The number of nitrogens with zero attached hydrogens (tertiary/aromatic N) is 1. The Morgan fingerprint density at radius 1 is 1.21 bits per heavy atom. The van der Waals surface area contributed by atoms with Crippen molar-refractivity contribution in [2.75, 3.05) is 7.05 Å². The Bertz CT molecular complexity index is 605. The zero-order chi connectivity index (χ0) is 14.0. The Labute approximate surface area is 119 Å². The van der Waals surface area contributed by atoms with E-state index in [-0.39, 0.29) is 10.6 Å². The Hall–Kier alpha value is -1.23. The van der Waals surface area contributed by atoms with E-state index < -0.39 is 17.7 Å². The van der Waals surface area contributed by atoms with Crippen LogP contribution in [0.3, 0.4) is 0 Å². The van der Waals surface area contributed by atoms with E-state index in [9.17, 15) is 8.78 Å². The van der Waals surface area contributed by atoms with Crippen LogP contribution in [0.25, 0.3) is 0 Å². The Kier molecular flexibility index (Phi) is 4.34. The third-order valence-electron chi connectivity index (χ3n) is 2.67. The highest BCUT2D eigenvalue weighted by Crippen LogP contribution is 2.29. The van der Waals surface area contributed by atoms with E-state index in [4.69, 9.17) is 23.2 Å². The van der Waals surface area contributed by atoms with Gasteiger partial charge < -0.3 is 5.32 Å². The molecule has 1 aromatic heterocycles. The first-order valence-electron chi connectivity index (χ1n) is 5.46. The number of nitrogens with one attached hydrogen (secondary N) is 1. The van der Waals surface area contributed by atoms with E-state index >= 15 is 0 Å². The number of pyridine rings is 1. The number of hydrogen-bond donors (Lipinski definition) is 1. The normalized spacial score (nSPS) is 12.5. The van der Waals surface area contributed by atoms with Crippen LogP contribution < -0.4 is 5.32 Å². The molecule has 1 heterocycles. The molecule has 6 heteroatoms. The van der Waals surface area contributed by atoms with Gasteiger partial charge in [0.25, 0.3) is 0 Å². The Balaban J connectivity index is 2.52. The molecule has 0 radical (unpaired) electrons. The monoisotopic (exact) mass is 302 g/mol. The molecule has 0 saturated carbocycles. The molecule has 2 rings (SSSR count). The summed E-state index contributed by atoms with van der Waals surface area (Å²) in [4.78, 5) is 4.08. The first-order valence-corrected chi connectivity index (χ1v) is 6.21. The third-order valence-corrected chi connectivity index (χ3v) is 3.18. The second-order valence-electron chi connectivity index (χ2n) is 3.91. The lowest BCUT2D eigenvalue weighted by molar-refractivity contribution is 0.554. The topological polar surface area (TPSA) is 24.9 Å². The molecule has 0 aliphatic rings. The zero-order valence-corrected chi connectivity index (χ0v) is 11.4. The van der Waals surface area contributed by atoms with Crippen molar-refractivity contribution in [3.63, 3.8) is 0 Å². The highest BCUT2D eigenvalue weighted by atomic mass is 35.5. The maximum atomic E-state index is 13.8. The molecule has 19 heavy (non-hydrogen) atoms. The van der Waals surface area contributed by atoms with Crippen molar-refractivity contribution >= 4 is 23.2 Å². The van der Waals surface area contributed by atoms with Gasteiger partial charge in [-0.15, -0.1) is 0 Å². The molecule has 0 aliphatic carbocycles. The van der Waals surface area contributed by atoms with Crippen LogP contribution >= 0.6 is 23.2 Å². The predicted molar refractivity (Wildman–Crippen MR) is 71.5 cm³/mol. The fraction of sp³-hybridized carbons (Fsp3) is 0.154. The van der Waals surface area contributed by atoms with Crippen molar-refractivity contribution in [1.29, 1.82) is 0 Å². The van der Waals surface area contributed by atoms with Crippen LogP contribution in [0.1, 0.15) is 17.3 Å². The molecule has 0 bridgehead atoms. The lowest BCUT2D eigenvalue weighted by Crippen LogP contribution is -2.20. The fourth-order valence-corrected chi connectivity index (χ4v) is 2.30. The fourth-order valence-electron chi connectivity index (χ4n) is 1.81. The van der Waals surface area contributed by atoms with E-state index in [2.05, 4.69) is 10.3 Å². The van der Waals surface area contributed by atoms with Crippen LogP contribution in [0.4, 0.5) is 8.78 Å². The van der Waals surface area contributed by atoms with Gasteiger partial charge in [0.2, 0.25) is 0 Å². The van der Waals surface area contributed by atoms with Gasteiger partial charge in [0.1, 0.15) is 11.6 Å². The van der Waals surface area contributed by atoms with Crippen molar-refractivity contribution in [1.82, 2.24) is 10.3 Å². The number of benzene rings is 1. The molecule has 1 N–H and O–H groups in total. The molecule has 0 saturated heterocycles. The molecule has 0 spiro atoms. The second-order valence-corrected chi connectivity index (χ2v) is 4.75. The molecule has 0 aliphatic heterocycles. The Morgan fingerprint density at radius 2 is 1.95 bits per heavy atom. The average molecular weight is 303 g/mol. The number of aromatic nitrogens is 1. The van der Waals surface area contributed by atoms with Gasteiger partial charge in [-0.2, -0.15) is 0 Å². The van der Waals surface area contributed by atoms with Gasteiger partial charge in [-0.05, 0) is 31.3 Å². The second kappa shape index (κ2) is 5.82. The van der Waals surface area contributed by atoms with Crippen LogP contribution in [0.5, 0.6) is 0 Å². The standard InChI is InChI=1S/C13H10Cl2F2N2/c1-18-12(9-5-8(16)2-3-11(9)17)13-10(15)4-7(14)6-19-13/h2-6,12,18H,1H3. The van der Waals surface area contributed by atoms with Crippen LogP contribution in [-0.4, -0.2) is 12.0 Å². The van der Waals surface area contributed by atoms with Gasteiger partial charge in [-0.3, -0.25) is 4.98 Å². The largest absolute Gasteiger partial charge is 0.308 e. The van der Waals surface area contributed by atoms with Crippen molar-refractivity contribution < 1.29 is 8.78 Å². The summed E-state index contributed by atoms with van der Waals surface area (Å²) in [6, 6.07) is 4.10. The van der Waals surface area contributed by atoms with Gasteiger partial charge in [-0.1, -0.05) is 23.2 Å². The highest BCUT2D eigenvalue weighted by Gasteiger charge is 2.21. The van der Waals surface area contributed by atoms with Crippen molar-refractivity contribution in [2.24, 2.45) is 0 Å². The quantitative estimate of drug-likeness (QED) is 0.928. The molecule has 100 valence electrons. The molecule has 0 fully saturated rings. The number of halogens is 4. The maximum absolute atomic E-state index is 13.8. The lowest BCUT2D eigenvalue weighted by atomic mass is 10.0. The third kappa shape index (κ3) is 3.03. The summed E-state index contributed by atoms with van der Waals surface area (Å²) < 4.78 is 27.1. The van der Waals surface area contributed by atoms with Gasteiger partial charge in [0.05, 0.1) is 21.8 Å². The van der Waals surface area contributed by atoms with Crippen LogP contribution in [0, 0.1) is 11.6 Å². The van der Waals surface area contributed by atoms with Crippen molar-refractivity contribution in [3.05, 3.63) is 63.4 Å². The molecule has 1 aromatic carbocycles. The summed E-state index contributed by atoms with van der Waals surface area (Å²) in [7, 11) is 1.61. The van der Waals surface area contributed by atoms with Gasteiger partial charge in [0, 0.05) is 11.8 Å². The number of rotatable bonds is 3. The van der Waals surface area contributed by atoms with E-state index in [0.29, 0.717) is 10.7 Å². The van der Waals surface area contributed by atoms with Crippen LogP contribution in [0.15, 0.2) is 30.5 Å². The molecule has 2 nitrogen and oxygen atoms in total. The highest BCUT2D eigenvalue weighted by molar-refractivity contribution is 6.34. The van der Waals surface area contributed by atoms with E-state index in [1.54, 1.807) is 7.05 Å².